The number of pyridine rings is 1. The van der Waals surface area contributed by atoms with Gasteiger partial charge in [-0.1, -0.05) is 6.07 Å². The molecule has 0 atom stereocenters. The normalized spacial score (nSPS) is 9.50. The summed E-state index contributed by atoms with van der Waals surface area (Å²) in [5.74, 6) is 0. The van der Waals surface area contributed by atoms with E-state index in [9.17, 15) is 4.79 Å². The average Bonchev–Trinajstić information content (AvgIpc) is 2.06. The molecule has 12 heavy (non-hydrogen) atoms. The van der Waals surface area contributed by atoms with Crippen LogP contribution < -0.4 is 0 Å². The van der Waals surface area contributed by atoms with Crippen LogP contribution in [0.4, 0.5) is 4.79 Å². The van der Waals surface area contributed by atoms with Gasteiger partial charge in [0.15, 0.2) is 0 Å². The molecule has 1 amide bonds. The lowest BCUT2D eigenvalue weighted by atomic mass is 10.3. The van der Waals surface area contributed by atoms with Crippen LogP contribution in [0.3, 0.4) is 0 Å². The Bertz CT molecular complexity index is 263. The highest BCUT2D eigenvalue weighted by Crippen LogP contribution is 2.02. The maximum Gasteiger partial charge on any atom is 0.316 e. The Morgan fingerprint density at radius 2 is 2.50 bits per heavy atom. The van der Waals surface area contributed by atoms with E-state index in [2.05, 4.69) is 4.98 Å². The number of amides is 1. The number of rotatable bonds is 2. The zero-order chi connectivity index (χ0) is 8.97. The van der Waals surface area contributed by atoms with Crippen LogP contribution >= 0.6 is 11.6 Å². The molecule has 0 spiro atoms. The van der Waals surface area contributed by atoms with Crippen molar-refractivity contribution >= 4 is 17.0 Å². The first-order chi connectivity index (χ1) is 5.70. The second kappa shape index (κ2) is 4.07. The molecule has 0 fully saturated rings. The third-order valence-corrected chi connectivity index (χ3v) is 1.73. The van der Waals surface area contributed by atoms with Gasteiger partial charge in [0.05, 0.1) is 0 Å². The first-order valence-corrected chi connectivity index (χ1v) is 3.87. The maximum absolute atomic E-state index is 10.6. The predicted molar refractivity (Wildman–Crippen MR) is 47.0 cm³/mol. The van der Waals surface area contributed by atoms with E-state index < -0.39 is 5.37 Å². The fourth-order valence-corrected chi connectivity index (χ4v) is 0.887. The van der Waals surface area contributed by atoms with Crippen LogP contribution in [0.15, 0.2) is 24.5 Å². The standard InChI is InChI=1S/C8H9ClN2O/c1-11(8(9)12)6-7-3-2-4-10-5-7/h2-5H,6H2,1H3. The number of halogens is 1. The zero-order valence-corrected chi connectivity index (χ0v) is 7.45. The van der Waals surface area contributed by atoms with Gasteiger partial charge in [-0.2, -0.15) is 0 Å². The van der Waals surface area contributed by atoms with Crippen molar-refractivity contribution in [3.63, 3.8) is 0 Å². The van der Waals surface area contributed by atoms with E-state index in [0.717, 1.165) is 5.56 Å². The van der Waals surface area contributed by atoms with E-state index in [1.54, 1.807) is 19.4 Å². The fraction of sp³-hybridized carbons (Fsp3) is 0.250. The topological polar surface area (TPSA) is 33.2 Å². The molecule has 0 aliphatic rings. The van der Waals surface area contributed by atoms with Crippen molar-refractivity contribution in [2.45, 2.75) is 6.54 Å². The Hall–Kier alpha value is -1.09. The summed E-state index contributed by atoms with van der Waals surface area (Å²) in [4.78, 5) is 16.0. The van der Waals surface area contributed by atoms with Crippen molar-refractivity contribution < 1.29 is 4.79 Å². The van der Waals surface area contributed by atoms with Crippen LogP contribution in [-0.4, -0.2) is 22.3 Å². The summed E-state index contributed by atoms with van der Waals surface area (Å²) >= 11 is 5.24. The minimum atomic E-state index is -0.459. The van der Waals surface area contributed by atoms with Crippen molar-refractivity contribution in [1.82, 2.24) is 9.88 Å². The van der Waals surface area contributed by atoms with Crippen molar-refractivity contribution in [3.8, 4) is 0 Å². The molecule has 1 aromatic rings. The Morgan fingerprint density at radius 1 is 1.75 bits per heavy atom. The van der Waals surface area contributed by atoms with Crippen LogP contribution in [-0.2, 0) is 6.54 Å². The van der Waals surface area contributed by atoms with Crippen LogP contribution in [0.2, 0.25) is 0 Å². The lowest BCUT2D eigenvalue weighted by Gasteiger charge is -2.11. The Labute approximate surface area is 76.0 Å². The van der Waals surface area contributed by atoms with E-state index in [1.165, 1.54) is 4.90 Å². The molecule has 64 valence electrons. The Balaban J connectivity index is 2.58. The van der Waals surface area contributed by atoms with Gasteiger partial charge >= 0.3 is 5.37 Å². The molecule has 1 heterocycles. The minimum Gasteiger partial charge on any atom is -0.328 e. The van der Waals surface area contributed by atoms with E-state index in [4.69, 9.17) is 11.6 Å². The molecule has 1 rings (SSSR count). The maximum atomic E-state index is 10.6. The highest BCUT2D eigenvalue weighted by molar-refractivity contribution is 6.62. The molecule has 4 heteroatoms. The molecular formula is C8H9ClN2O. The molecule has 0 N–H and O–H groups in total. The Kier molecular flexibility index (Phi) is 3.05. The highest BCUT2D eigenvalue weighted by Gasteiger charge is 2.04. The lowest BCUT2D eigenvalue weighted by molar-refractivity contribution is 0.230. The van der Waals surface area contributed by atoms with Crippen LogP contribution in [0, 0.1) is 0 Å². The third-order valence-electron chi connectivity index (χ3n) is 1.44. The number of hydrogen-bond acceptors (Lipinski definition) is 2. The molecule has 0 saturated carbocycles. The molecule has 0 bridgehead atoms. The highest BCUT2D eigenvalue weighted by atomic mass is 35.5. The molecule has 1 aromatic heterocycles. The average molecular weight is 185 g/mol. The zero-order valence-electron chi connectivity index (χ0n) is 6.70. The number of carbonyl (C=O) groups excluding carboxylic acids is 1. The van der Waals surface area contributed by atoms with E-state index in [-0.39, 0.29) is 0 Å². The number of aromatic nitrogens is 1. The van der Waals surface area contributed by atoms with Crippen molar-refractivity contribution in [1.29, 1.82) is 0 Å². The number of carbonyl (C=O) groups is 1. The SMILES string of the molecule is CN(Cc1cccnc1)C(=O)Cl. The van der Waals surface area contributed by atoms with E-state index >= 15 is 0 Å². The van der Waals surface area contributed by atoms with Crippen molar-refractivity contribution in [3.05, 3.63) is 30.1 Å². The summed E-state index contributed by atoms with van der Waals surface area (Å²) in [6.45, 7) is 0.496. The molecule has 0 aliphatic carbocycles. The summed E-state index contributed by atoms with van der Waals surface area (Å²) in [6, 6.07) is 3.71. The van der Waals surface area contributed by atoms with Gasteiger partial charge < -0.3 is 4.90 Å². The predicted octanol–water partition coefficient (Wildman–Crippen LogP) is 1.87. The van der Waals surface area contributed by atoms with Gasteiger partial charge in [0.2, 0.25) is 0 Å². The van der Waals surface area contributed by atoms with Gasteiger partial charge in [0, 0.05) is 26.0 Å². The summed E-state index contributed by atoms with van der Waals surface area (Å²) < 4.78 is 0. The van der Waals surface area contributed by atoms with Gasteiger partial charge in [-0.05, 0) is 23.2 Å². The van der Waals surface area contributed by atoms with Crippen molar-refractivity contribution in [2.24, 2.45) is 0 Å². The van der Waals surface area contributed by atoms with Gasteiger partial charge in [-0.25, -0.2) is 0 Å². The van der Waals surface area contributed by atoms with Gasteiger partial charge in [0.25, 0.3) is 0 Å². The Morgan fingerprint density at radius 3 is 3.00 bits per heavy atom. The van der Waals surface area contributed by atoms with Gasteiger partial charge in [0.1, 0.15) is 0 Å². The summed E-state index contributed by atoms with van der Waals surface area (Å²) in [5, 5.41) is -0.459. The molecule has 0 radical (unpaired) electrons. The minimum absolute atomic E-state index is 0.459. The third kappa shape index (κ3) is 2.51. The first kappa shape index (κ1) is 9.00. The first-order valence-electron chi connectivity index (χ1n) is 3.49. The largest absolute Gasteiger partial charge is 0.328 e. The summed E-state index contributed by atoms with van der Waals surface area (Å²) in [5.41, 5.74) is 0.967. The molecule has 0 aliphatic heterocycles. The second-order valence-electron chi connectivity index (χ2n) is 2.47. The lowest BCUT2D eigenvalue weighted by Crippen LogP contribution is -2.19. The van der Waals surface area contributed by atoms with Gasteiger partial charge in [-0.15, -0.1) is 0 Å². The van der Waals surface area contributed by atoms with Gasteiger partial charge in [-0.3, -0.25) is 9.78 Å². The van der Waals surface area contributed by atoms with E-state index in [0.29, 0.717) is 6.54 Å². The summed E-state index contributed by atoms with van der Waals surface area (Å²) in [7, 11) is 1.64. The molecular weight excluding hydrogens is 176 g/mol. The van der Waals surface area contributed by atoms with Crippen LogP contribution in [0.25, 0.3) is 0 Å². The number of nitrogens with zero attached hydrogens (tertiary/aromatic N) is 2. The second-order valence-corrected chi connectivity index (χ2v) is 2.79. The van der Waals surface area contributed by atoms with Crippen LogP contribution in [0.1, 0.15) is 5.56 Å². The fourth-order valence-electron chi connectivity index (χ4n) is 0.828. The van der Waals surface area contributed by atoms with Crippen molar-refractivity contribution in [2.75, 3.05) is 7.05 Å². The van der Waals surface area contributed by atoms with E-state index in [1.807, 2.05) is 12.1 Å². The van der Waals surface area contributed by atoms with Crippen LogP contribution in [0.5, 0.6) is 0 Å². The number of hydrogen-bond donors (Lipinski definition) is 0. The molecule has 0 aromatic carbocycles. The molecule has 0 saturated heterocycles. The summed E-state index contributed by atoms with van der Waals surface area (Å²) in [6.07, 6.45) is 3.39. The molecule has 0 unspecified atom stereocenters. The monoisotopic (exact) mass is 184 g/mol. The quantitative estimate of drug-likeness (QED) is 0.519. The molecule has 3 nitrogen and oxygen atoms in total. The smallest absolute Gasteiger partial charge is 0.316 e.